The molecule has 0 aliphatic carbocycles. The predicted octanol–water partition coefficient (Wildman–Crippen LogP) is 5.22. The minimum atomic E-state index is -0.897. The Labute approximate surface area is 188 Å². The number of furan rings is 1. The third kappa shape index (κ3) is 3.92. The van der Waals surface area contributed by atoms with Crippen LogP contribution in [0.5, 0.6) is 5.75 Å². The van der Waals surface area contributed by atoms with E-state index in [-0.39, 0.29) is 28.5 Å². The molecule has 158 valence electrons. The molecule has 1 atom stereocenters. The van der Waals surface area contributed by atoms with Gasteiger partial charge in [0.1, 0.15) is 23.3 Å². The molecule has 2 aromatic carbocycles. The van der Waals surface area contributed by atoms with Crippen LogP contribution in [0.25, 0.3) is 5.76 Å². The van der Waals surface area contributed by atoms with Gasteiger partial charge in [-0.15, -0.1) is 0 Å². The van der Waals surface area contributed by atoms with Crippen LogP contribution >= 0.6 is 23.2 Å². The molecule has 6 nitrogen and oxygen atoms in total. The molecule has 0 saturated carbocycles. The normalized spacial score (nSPS) is 17.9. The van der Waals surface area contributed by atoms with E-state index >= 15 is 0 Å². The SMILES string of the molecule is COc1ccc(CN2C(=O)C(=O)/C(=C(\O)c3ccc(Cl)c(Cl)c3)C2c2ccco2)cc1. The fraction of sp³-hybridized carbons (Fsp3) is 0.130. The van der Waals surface area contributed by atoms with Crippen LogP contribution in [-0.4, -0.2) is 28.8 Å². The summed E-state index contributed by atoms with van der Waals surface area (Å²) in [5, 5.41) is 11.5. The number of hydrogen-bond donors (Lipinski definition) is 1. The van der Waals surface area contributed by atoms with E-state index in [4.69, 9.17) is 32.4 Å². The number of carbonyl (C=O) groups is 2. The van der Waals surface area contributed by atoms with Crippen LogP contribution < -0.4 is 4.74 Å². The van der Waals surface area contributed by atoms with Crippen molar-refractivity contribution in [2.75, 3.05) is 7.11 Å². The number of ketones is 1. The lowest BCUT2D eigenvalue weighted by atomic mass is 9.99. The number of hydrogen-bond acceptors (Lipinski definition) is 5. The highest BCUT2D eigenvalue weighted by Gasteiger charge is 2.47. The minimum absolute atomic E-state index is 0.0770. The van der Waals surface area contributed by atoms with Crippen molar-refractivity contribution in [2.45, 2.75) is 12.6 Å². The first-order chi connectivity index (χ1) is 14.9. The third-order valence-corrected chi connectivity index (χ3v) is 5.80. The van der Waals surface area contributed by atoms with Gasteiger partial charge in [0.2, 0.25) is 0 Å². The van der Waals surface area contributed by atoms with Gasteiger partial charge in [0.05, 0.1) is 29.0 Å². The van der Waals surface area contributed by atoms with E-state index in [2.05, 4.69) is 0 Å². The molecule has 31 heavy (non-hydrogen) atoms. The van der Waals surface area contributed by atoms with Gasteiger partial charge in [0, 0.05) is 12.1 Å². The Hall–Kier alpha value is -3.22. The Balaban J connectivity index is 1.80. The highest BCUT2D eigenvalue weighted by Crippen LogP contribution is 2.41. The fourth-order valence-corrected chi connectivity index (χ4v) is 3.81. The highest BCUT2D eigenvalue weighted by atomic mass is 35.5. The third-order valence-electron chi connectivity index (χ3n) is 5.06. The Bertz CT molecular complexity index is 1170. The first-order valence-corrected chi connectivity index (χ1v) is 10.1. The van der Waals surface area contributed by atoms with E-state index in [1.54, 1.807) is 43.5 Å². The number of benzene rings is 2. The van der Waals surface area contributed by atoms with Gasteiger partial charge in [-0.05, 0) is 48.0 Å². The maximum atomic E-state index is 12.9. The molecule has 1 aliphatic heterocycles. The van der Waals surface area contributed by atoms with Gasteiger partial charge in [0.25, 0.3) is 11.7 Å². The number of halogens is 2. The Kier molecular flexibility index (Phi) is 5.76. The lowest BCUT2D eigenvalue weighted by Gasteiger charge is -2.23. The molecule has 1 N–H and O–H groups in total. The minimum Gasteiger partial charge on any atom is -0.507 e. The topological polar surface area (TPSA) is 80.0 Å². The van der Waals surface area contributed by atoms with E-state index in [9.17, 15) is 14.7 Å². The monoisotopic (exact) mass is 457 g/mol. The summed E-state index contributed by atoms with van der Waals surface area (Å²) in [6.07, 6.45) is 1.45. The summed E-state index contributed by atoms with van der Waals surface area (Å²) in [5.41, 5.74) is 0.981. The molecule has 4 rings (SSSR count). The Morgan fingerprint density at radius 2 is 1.84 bits per heavy atom. The quantitative estimate of drug-likeness (QED) is 0.322. The van der Waals surface area contributed by atoms with Crippen molar-refractivity contribution >= 4 is 40.7 Å². The molecule has 2 heterocycles. The van der Waals surface area contributed by atoms with Crippen molar-refractivity contribution in [1.82, 2.24) is 4.90 Å². The molecule has 0 radical (unpaired) electrons. The molecular weight excluding hydrogens is 441 g/mol. The summed E-state index contributed by atoms with van der Waals surface area (Å²) in [4.78, 5) is 27.2. The fourth-order valence-electron chi connectivity index (χ4n) is 3.51. The van der Waals surface area contributed by atoms with Crippen molar-refractivity contribution in [3.63, 3.8) is 0 Å². The van der Waals surface area contributed by atoms with Gasteiger partial charge in [-0.1, -0.05) is 35.3 Å². The van der Waals surface area contributed by atoms with Crippen molar-refractivity contribution in [3.8, 4) is 5.75 Å². The molecule has 1 unspecified atom stereocenters. The van der Waals surface area contributed by atoms with Gasteiger partial charge in [-0.2, -0.15) is 0 Å². The van der Waals surface area contributed by atoms with E-state index in [1.807, 2.05) is 0 Å². The molecule has 1 fully saturated rings. The molecule has 0 spiro atoms. The second kappa shape index (κ2) is 8.49. The zero-order valence-electron chi connectivity index (χ0n) is 16.3. The molecule has 0 bridgehead atoms. The maximum absolute atomic E-state index is 12.9. The van der Waals surface area contributed by atoms with Crippen LogP contribution in [0.2, 0.25) is 10.0 Å². The van der Waals surface area contributed by atoms with E-state index < -0.39 is 17.7 Å². The van der Waals surface area contributed by atoms with Crippen LogP contribution in [-0.2, 0) is 16.1 Å². The van der Waals surface area contributed by atoms with Gasteiger partial charge >= 0.3 is 0 Å². The second-order valence-corrected chi connectivity index (χ2v) is 7.73. The number of amides is 1. The second-order valence-electron chi connectivity index (χ2n) is 6.92. The van der Waals surface area contributed by atoms with Crippen LogP contribution in [0, 0.1) is 0 Å². The average Bonchev–Trinajstić information content (AvgIpc) is 3.38. The number of likely N-dealkylation sites (tertiary alicyclic amines) is 1. The van der Waals surface area contributed by atoms with Gasteiger partial charge in [0.15, 0.2) is 0 Å². The summed E-state index contributed by atoms with van der Waals surface area (Å²) in [6.45, 7) is 0.137. The summed E-state index contributed by atoms with van der Waals surface area (Å²) in [5.74, 6) is -0.866. The van der Waals surface area contributed by atoms with Gasteiger partial charge in [-0.3, -0.25) is 9.59 Å². The average molecular weight is 458 g/mol. The Morgan fingerprint density at radius 1 is 1.10 bits per heavy atom. The van der Waals surface area contributed by atoms with Crippen LogP contribution in [0.4, 0.5) is 0 Å². The van der Waals surface area contributed by atoms with E-state index in [0.29, 0.717) is 16.5 Å². The zero-order valence-corrected chi connectivity index (χ0v) is 17.9. The summed E-state index contributed by atoms with van der Waals surface area (Å²) < 4.78 is 10.7. The summed E-state index contributed by atoms with van der Waals surface area (Å²) >= 11 is 12.0. The lowest BCUT2D eigenvalue weighted by Crippen LogP contribution is -2.29. The van der Waals surface area contributed by atoms with Crippen molar-refractivity contribution in [2.24, 2.45) is 0 Å². The first-order valence-electron chi connectivity index (χ1n) is 9.31. The van der Waals surface area contributed by atoms with E-state index in [1.165, 1.54) is 29.4 Å². The molecular formula is C23H17Cl2NO5. The zero-order chi connectivity index (χ0) is 22.1. The predicted molar refractivity (Wildman–Crippen MR) is 116 cm³/mol. The molecule has 1 aliphatic rings. The van der Waals surface area contributed by atoms with Crippen LogP contribution in [0.15, 0.2) is 70.9 Å². The molecule has 1 amide bonds. The van der Waals surface area contributed by atoms with Gasteiger partial charge < -0.3 is 19.2 Å². The maximum Gasteiger partial charge on any atom is 0.296 e. The molecule has 3 aromatic rings. The Morgan fingerprint density at radius 3 is 2.45 bits per heavy atom. The lowest BCUT2D eigenvalue weighted by molar-refractivity contribution is -0.140. The smallest absolute Gasteiger partial charge is 0.296 e. The van der Waals surface area contributed by atoms with E-state index in [0.717, 1.165) is 5.56 Å². The standard InChI is InChI=1S/C23H17Cl2NO5/c1-30-15-7-4-13(5-8-15)12-26-20(18-3-2-10-31-18)19(22(28)23(26)29)21(27)14-6-9-16(24)17(25)11-14/h2-11,20,27H,12H2,1H3/b21-19-. The number of rotatable bonds is 5. The van der Waals surface area contributed by atoms with Crippen LogP contribution in [0.1, 0.15) is 22.9 Å². The van der Waals surface area contributed by atoms with Gasteiger partial charge in [-0.25, -0.2) is 0 Å². The number of Topliss-reactive ketones (excluding diaryl/α,β-unsaturated/α-hetero) is 1. The largest absolute Gasteiger partial charge is 0.507 e. The first kappa shape index (κ1) is 21.0. The molecule has 1 saturated heterocycles. The van der Waals surface area contributed by atoms with Crippen molar-refractivity contribution < 1.29 is 23.8 Å². The highest BCUT2D eigenvalue weighted by molar-refractivity contribution is 6.46. The summed E-state index contributed by atoms with van der Waals surface area (Å²) in [6, 6.07) is 14.0. The molecule has 1 aromatic heterocycles. The molecule has 8 heteroatoms. The van der Waals surface area contributed by atoms with Crippen molar-refractivity contribution in [3.05, 3.63) is 93.4 Å². The van der Waals surface area contributed by atoms with Crippen LogP contribution in [0.3, 0.4) is 0 Å². The number of nitrogens with zero attached hydrogens (tertiary/aromatic N) is 1. The van der Waals surface area contributed by atoms with Crippen molar-refractivity contribution in [1.29, 1.82) is 0 Å². The number of carbonyl (C=O) groups excluding carboxylic acids is 2. The number of ether oxygens (including phenoxy) is 1. The summed E-state index contributed by atoms with van der Waals surface area (Å²) in [7, 11) is 1.56. The number of methoxy groups -OCH3 is 1. The number of aliphatic hydroxyl groups is 1. The number of aliphatic hydroxyl groups excluding tert-OH is 1.